The van der Waals surface area contributed by atoms with Gasteiger partial charge in [-0.05, 0) is 0 Å². The predicted molar refractivity (Wildman–Crippen MR) is 340 cm³/mol. The standard InChI is InChI=1S/C52H71F2N4Se2.3C4H9.3CH3.2Sn/c1-5-9-13-17-21-25-33-51(34-26-22-18-14-10-6-2)37-29-31-39(55)49(56-59)41(37)43-45(51)48(54)44-42-38(30-32-40-50(42)58-60-57-40)52(46(44)47(43)53,35-27-23-19-15-11-7-3)36-28-24-20-16-12-8-4;3*1-3-4-2;;;;;/h29-30,55H,5-28,33-36H2,1-4H3;3*1,3-4H2,2H3;3*1H3;;/b55-39?,56-49+;;;;;;;;. The molecule has 0 spiro atoms. The summed E-state index contributed by atoms with van der Waals surface area (Å²) in [5.74, 6) is -0.386. The van der Waals surface area contributed by atoms with Crippen LogP contribution in [0.4, 0.5) is 8.78 Å². The number of unbranched alkanes of at least 4 members (excludes halogenated alkanes) is 23. The molecule has 4 nitrogen and oxygen atoms in total. The van der Waals surface area contributed by atoms with Crippen LogP contribution in [-0.4, -0.2) is 87.3 Å². The average Bonchev–Trinajstić information content (AvgIpc) is 4.32. The van der Waals surface area contributed by atoms with E-state index in [0.29, 0.717) is 33.7 Å². The third-order valence-corrected chi connectivity index (χ3v) is 41.8. The van der Waals surface area contributed by atoms with Crippen molar-refractivity contribution in [3.05, 3.63) is 55.2 Å². The number of hydrogen-bond donors (Lipinski definition) is 1. The Kier molecular flexibility index (Phi) is 27.1. The van der Waals surface area contributed by atoms with E-state index in [1.54, 1.807) is 0 Å². The number of hydrogen-bond acceptors (Lipinski definition) is 4. The fraction of sp³-hybridized carbons (Fsp3) is 0.731. The Morgan fingerprint density at radius 2 is 0.909 bits per heavy atom. The molecule has 1 aromatic heterocycles. The van der Waals surface area contributed by atoms with E-state index in [1.165, 1.54) is 142 Å². The molecule has 429 valence electrons. The van der Waals surface area contributed by atoms with E-state index < -0.39 is 47.6 Å². The summed E-state index contributed by atoms with van der Waals surface area (Å²) >= 11 is -3.52. The molecule has 3 aliphatic rings. The third-order valence-electron chi connectivity index (χ3n) is 19.0. The zero-order valence-electron chi connectivity index (χ0n) is 50.7. The van der Waals surface area contributed by atoms with Crippen LogP contribution in [0.1, 0.15) is 289 Å². The summed E-state index contributed by atoms with van der Waals surface area (Å²) in [6.45, 7) is 16.1. The second kappa shape index (κ2) is 31.9. The number of aromatic nitrogens is 2. The second-order valence-corrected chi connectivity index (χ2v) is 54.7. The molecule has 1 heterocycles. The van der Waals surface area contributed by atoms with Crippen molar-refractivity contribution >= 4 is 99.6 Å². The van der Waals surface area contributed by atoms with Crippen LogP contribution in [-0.2, 0) is 10.8 Å². The summed E-state index contributed by atoms with van der Waals surface area (Å²) in [5, 5.41) is 10.6. The number of nitrogens with one attached hydrogen (secondary N) is 1. The van der Waals surface area contributed by atoms with Gasteiger partial charge in [0.15, 0.2) is 0 Å². The summed E-state index contributed by atoms with van der Waals surface area (Å²) in [4.78, 5) is 7.46. The fourth-order valence-corrected chi connectivity index (χ4v) is 37.4. The molecule has 3 aromatic rings. The molecule has 2 aromatic carbocycles. The van der Waals surface area contributed by atoms with Crippen LogP contribution < -0.4 is 3.58 Å². The van der Waals surface area contributed by atoms with Crippen molar-refractivity contribution in [2.75, 3.05) is 0 Å². The van der Waals surface area contributed by atoms with Gasteiger partial charge in [-0.3, -0.25) is 0 Å². The molecule has 1 radical (unpaired) electrons. The minimum absolute atomic E-state index is 0.181. The van der Waals surface area contributed by atoms with Crippen LogP contribution in [0.15, 0.2) is 25.3 Å². The summed E-state index contributed by atoms with van der Waals surface area (Å²) in [6, 6.07) is 2.49. The van der Waals surface area contributed by atoms with E-state index in [1.807, 2.05) is 0 Å². The summed E-state index contributed by atoms with van der Waals surface area (Å²) in [7, 11) is 0. The van der Waals surface area contributed by atoms with Crippen LogP contribution in [0.2, 0.25) is 28.1 Å². The minimum atomic E-state index is -3.38. The molecule has 0 bridgehead atoms. The van der Waals surface area contributed by atoms with Gasteiger partial charge in [-0.1, -0.05) is 0 Å². The van der Waals surface area contributed by atoms with E-state index in [4.69, 9.17) is 12.0 Å². The van der Waals surface area contributed by atoms with Gasteiger partial charge in [-0.15, -0.1) is 0 Å². The van der Waals surface area contributed by atoms with Crippen LogP contribution in [0.5, 0.6) is 0 Å². The van der Waals surface area contributed by atoms with Gasteiger partial charge in [0.25, 0.3) is 0 Å². The van der Waals surface area contributed by atoms with Crippen molar-refractivity contribution in [1.82, 2.24) is 7.96 Å². The van der Waals surface area contributed by atoms with E-state index >= 15 is 8.78 Å². The van der Waals surface area contributed by atoms with Crippen molar-refractivity contribution in [1.29, 1.82) is 5.41 Å². The first-order valence-corrected chi connectivity index (χ1v) is 52.2. The Labute approximate surface area is 493 Å². The van der Waals surface area contributed by atoms with E-state index in [9.17, 15) is 5.41 Å². The quantitative estimate of drug-likeness (QED) is 0.0351. The van der Waals surface area contributed by atoms with Gasteiger partial charge in [0, 0.05) is 0 Å². The first-order valence-electron chi connectivity index (χ1n) is 32.4. The topological polar surface area (TPSA) is 62.0 Å². The molecule has 1 N–H and O–H groups in total. The number of rotatable bonds is 39. The molecular weight excluding hydrogens is 1290 g/mol. The van der Waals surface area contributed by atoms with E-state index in [-0.39, 0.29) is 26.6 Å². The maximum atomic E-state index is 20.2. The van der Waals surface area contributed by atoms with Crippen molar-refractivity contribution in [3.8, 4) is 11.1 Å². The molecule has 0 fully saturated rings. The molecule has 10 heteroatoms. The van der Waals surface area contributed by atoms with E-state index in [0.717, 1.165) is 130 Å². The van der Waals surface area contributed by atoms with Crippen LogP contribution in [0.25, 0.3) is 27.7 Å². The van der Waals surface area contributed by atoms with Crippen molar-refractivity contribution in [3.63, 3.8) is 0 Å². The maximum absolute atomic E-state index is 20.2. The van der Waals surface area contributed by atoms with Crippen molar-refractivity contribution in [2.45, 2.75) is 306 Å². The van der Waals surface area contributed by atoms with Gasteiger partial charge < -0.3 is 0 Å². The zero-order valence-corrected chi connectivity index (χ0v) is 59.9. The summed E-state index contributed by atoms with van der Waals surface area (Å²) in [5.41, 5.74) is 7.76. The van der Waals surface area contributed by atoms with Gasteiger partial charge in [0.2, 0.25) is 0 Å². The third kappa shape index (κ3) is 14.7. The number of fused-ring (bicyclic) bond motifs is 7. The molecule has 3 aliphatic carbocycles. The van der Waals surface area contributed by atoms with Crippen LogP contribution in [0, 0.1) is 17.0 Å². The monoisotopic (exact) mass is 1410 g/mol. The van der Waals surface area contributed by atoms with Gasteiger partial charge in [0.05, 0.1) is 0 Å². The molecule has 6 rings (SSSR count). The van der Waals surface area contributed by atoms with Crippen LogP contribution >= 0.6 is 0 Å². The average molecular weight is 1400 g/mol. The van der Waals surface area contributed by atoms with Gasteiger partial charge in [0.1, 0.15) is 0 Å². The number of halogens is 2. The first-order chi connectivity index (χ1) is 37.3. The first kappa shape index (κ1) is 65.5. The zero-order chi connectivity index (χ0) is 55.6. The second-order valence-electron chi connectivity index (χ2n) is 25.7. The van der Waals surface area contributed by atoms with Crippen LogP contribution in [0.3, 0.4) is 0 Å². The number of allylic oxidation sites excluding steroid dienone is 4. The summed E-state index contributed by atoms with van der Waals surface area (Å²) in [6.07, 6.45) is 40.3. The Morgan fingerprint density at radius 1 is 0.519 bits per heavy atom. The molecule has 0 amide bonds. The molecule has 0 atom stereocenters. The normalized spacial score (nSPS) is 16.2. The molecule has 0 unspecified atom stereocenters. The molecule has 77 heavy (non-hydrogen) atoms. The SMILES string of the molecule is CCCCCCCCC1(CCCCCCCC)C2=C(/C(=N/[Se])C(=N)[C]([Sn]([CH2]CCC)([CH2]CCC)[CH2]CCC)=C2)c2c(F)c3c(c(F)c21)-c1c(c[c]([Sn]([CH3])([CH3])[CH3])c2n[se]nc12)C3(CCCCCCCC)CCCCCCCC. The van der Waals surface area contributed by atoms with Gasteiger partial charge >= 0.3 is 498 Å². The Morgan fingerprint density at radius 3 is 1.34 bits per heavy atom. The Hall–Kier alpha value is -0.644. The Bertz CT molecular complexity index is 2430. The fourth-order valence-electron chi connectivity index (χ4n) is 14.7. The Balaban J connectivity index is 1.77. The van der Waals surface area contributed by atoms with Crippen molar-refractivity contribution < 1.29 is 8.78 Å². The summed E-state index contributed by atoms with van der Waals surface area (Å²) < 4.78 is 62.4. The molecule has 0 aliphatic heterocycles. The van der Waals surface area contributed by atoms with Gasteiger partial charge in [-0.2, -0.15) is 0 Å². The number of benzene rings is 2. The number of nitrogens with zero attached hydrogens (tertiary/aromatic N) is 3. The molecule has 0 saturated heterocycles. The van der Waals surface area contributed by atoms with Gasteiger partial charge in [-0.25, -0.2) is 0 Å². The van der Waals surface area contributed by atoms with E-state index in [2.05, 4.69) is 91.7 Å². The van der Waals surface area contributed by atoms with Crippen molar-refractivity contribution in [2.24, 2.45) is 4.01 Å². The predicted octanol–water partition coefficient (Wildman–Crippen LogP) is 20.7. The molecular formula is C67H107F2N4Se2Sn2. The molecule has 0 saturated carbocycles.